The smallest absolute Gasteiger partial charge is 0.305 e. The maximum Gasteiger partial charge on any atom is 0.305 e. The number of rotatable bonds is 3. The van der Waals surface area contributed by atoms with E-state index in [4.69, 9.17) is 5.11 Å². The summed E-state index contributed by atoms with van der Waals surface area (Å²) in [6.07, 6.45) is 4.95. The highest BCUT2D eigenvalue weighted by atomic mass is 16.4. The molecule has 4 atom stereocenters. The van der Waals surface area contributed by atoms with E-state index in [1.807, 2.05) is 0 Å². The van der Waals surface area contributed by atoms with Crippen molar-refractivity contribution >= 4 is 11.9 Å². The molecular formula is C13H20N2O3. The van der Waals surface area contributed by atoms with Crippen LogP contribution in [-0.2, 0) is 9.59 Å². The number of aliphatic carboxylic acids is 1. The number of fused-ring (bicyclic) bond motifs is 2. The van der Waals surface area contributed by atoms with Crippen molar-refractivity contribution in [3.63, 3.8) is 0 Å². The van der Waals surface area contributed by atoms with E-state index in [1.165, 1.54) is 19.3 Å². The predicted molar refractivity (Wildman–Crippen MR) is 65.0 cm³/mol. The molecule has 18 heavy (non-hydrogen) atoms. The lowest BCUT2D eigenvalue weighted by Gasteiger charge is -2.41. The van der Waals surface area contributed by atoms with Crippen LogP contribution < -0.4 is 5.32 Å². The van der Waals surface area contributed by atoms with Gasteiger partial charge in [0.1, 0.15) is 0 Å². The Morgan fingerprint density at radius 2 is 2.22 bits per heavy atom. The number of carboxylic acid groups (broad SMARTS) is 1. The average Bonchev–Trinajstić information content (AvgIpc) is 2.93. The highest BCUT2D eigenvalue weighted by molar-refractivity contribution is 5.86. The molecule has 1 aliphatic heterocycles. The van der Waals surface area contributed by atoms with E-state index >= 15 is 0 Å². The number of amides is 1. The SMILES string of the molecule is O=C(O)CC1C(=O)NCCN1C1CC2CCC1C2. The molecule has 1 saturated heterocycles. The minimum absolute atomic E-state index is 0.0697. The van der Waals surface area contributed by atoms with Crippen LogP contribution in [0, 0.1) is 11.8 Å². The van der Waals surface area contributed by atoms with Crippen molar-refractivity contribution in [3.05, 3.63) is 0 Å². The van der Waals surface area contributed by atoms with Crippen molar-refractivity contribution in [2.24, 2.45) is 11.8 Å². The van der Waals surface area contributed by atoms with Crippen LogP contribution >= 0.6 is 0 Å². The molecule has 3 aliphatic rings. The summed E-state index contributed by atoms with van der Waals surface area (Å²) in [7, 11) is 0. The number of carbonyl (C=O) groups excluding carboxylic acids is 1. The third-order valence-electron chi connectivity index (χ3n) is 4.87. The van der Waals surface area contributed by atoms with Gasteiger partial charge in [0.2, 0.25) is 5.91 Å². The number of hydrogen-bond donors (Lipinski definition) is 2. The summed E-state index contributed by atoms with van der Waals surface area (Å²) >= 11 is 0. The molecule has 2 bridgehead atoms. The standard InChI is InChI=1S/C13H20N2O3/c16-12(17)7-11-13(18)14-3-4-15(11)10-6-8-1-2-9(10)5-8/h8-11H,1-7H2,(H,14,18)(H,16,17). The minimum atomic E-state index is -0.884. The molecule has 3 fully saturated rings. The number of nitrogens with zero attached hydrogens (tertiary/aromatic N) is 1. The summed E-state index contributed by atoms with van der Waals surface area (Å²) in [5.74, 6) is 0.518. The van der Waals surface area contributed by atoms with E-state index in [1.54, 1.807) is 0 Å². The predicted octanol–water partition coefficient (Wildman–Crippen LogP) is 0.450. The van der Waals surface area contributed by atoms with Gasteiger partial charge in [0, 0.05) is 19.1 Å². The van der Waals surface area contributed by atoms with Crippen LogP contribution in [-0.4, -0.2) is 47.1 Å². The number of hydrogen-bond acceptors (Lipinski definition) is 3. The molecule has 2 saturated carbocycles. The fourth-order valence-electron chi connectivity index (χ4n) is 4.12. The lowest BCUT2D eigenvalue weighted by atomic mass is 9.91. The molecular weight excluding hydrogens is 232 g/mol. The second kappa shape index (κ2) is 4.53. The summed E-state index contributed by atoms with van der Waals surface area (Å²) in [6, 6.07) is -0.0141. The van der Waals surface area contributed by atoms with Crippen molar-refractivity contribution < 1.29 is 14.7 Å². The van der Waals surface area contributed by atoms with E-state index in [-0.39, 0.29) is 12.3 Å². The summed E-state index contributed by atoms with van der Waals surface area (Å²) in [5, 5.41) is 11.8. The van der Waals surface area contributed by atoms with Gasteiger partial charge < -0.3 is 10.4 Å². The van der Waals surface area contributed by atoms with Crippen LogP contribution in [0.3, 0.4) is 0 Å². The lowest BCUT2D eigenvalue weighted by Crippen LogP contribution is -2.59. The Morgan fingerprint density at radius 1 is 1.39 bits per heavy atom. The van der Waals surface area contributed by atoms with Crippen LogP contribution in [0.2, 0.25) is 0 Å². The van der Waals surface area contributed by atoms with Crippen LogP contribution in [0.5, 0.6) is 0 Å². The first kappa shape index (κ1) is 12.0. The van der Waals surface area contributed by atoms with Gasteiger partial charge in [-0.3, -0.25) is 14.5 Å². The van der Waals surface area contributed by atoms with Crippen molar-refractivity contribution in [1.82, 2.24) is 10.2 Å². The van der Waals surface area contributed by atoms with Gasteiger partial charge in [0.25, 0.3) is 0 Å². The average molecular weight is 252 g/mol. The highest BCUT2D eigenvalue weighted by Crippen LogP contribution is 2.47. The Balaban J connectivity index is 1.75. The molecule has 5 heteroatoms. The molecule has 100 valence electrons. The van der Waals surface area contributed by atoms with Gasteiger partial charge in [-0.05, 0) is 31.1 Å². The van der Waals surface area contributed by atoms with Gasteiger partial charge in [-0.1, -0.05) is 6.42 Å². The third-order valence-corrected chi connectivity index (χ3v) is 4.87. The molecule has 0 aromatic rings. The van der Waals surface area contributed by atoms with E-state index in [0.717, 1.165) is 18.9 Å². The fourth-order valence-corrected chi connectivity index (χ4v) is 4.12. The van der Waals surface area contributed by atoms with Crippen molar-refractivity contribution in [3.8, 4) is 0 Å². The molecule has 0 aromatic carbocycles. The van der Waals surface area contributed by atoms with Crippen molar-refractivity contribution in [1.29, 1.82) is 0 Å². The fraction of sp³-hybridized carbons (Fsp3) is 0.846. The van der Waals surface area contributed by atoms with Crippen LogP contribution in [0.15, 0.2) is 0 Å². The molecule has 4 unspecified atom stereocenters. The summed E-state index contributed by atoms with van der Waals surface area (Å²) in [5.41, 5.74) is 0. The van der Waals surface area contributed by atoms with Crippen LogP contribution in [0.1, 0.15) is 32.1 Å². The molecule has 2 aliphatic carbocycles. The Kier molecular flexibility index (Phi) is 3.01. The van der Waals surface area contributed by atoms with E-state index < -0.39 is 12.0 Å². The zero-order valence-corrected chi connectivity index (χ0v) is 10.5. The van der Waals surface area contributed by atoms with E-state index in [2.05, 4.69) is 10.2 Å². The first-order valence-corrected chi connectivity index (χ1v) is 6.90. The Morgan fingerprint density at radius 3 is 2.83 bits per heavy atom. The molecule has 1 heterocycles. The highest BCUT2D eigenvalue weighted by Gasteiger charge is 2.46. The maximum atomic E-state index is 11.9. The Hall–Kier alpha value is -1.10. The zero-order valence-electron chi connectivity index (χ0n) is 10.5. The van der Waals surface area contributed by atoms with Crippen molar-refractivity contribution in [2.75, 3.05) is 13.1 Å². The summed E-state index contributed by atoms with van der Waals surface area (Å²) in [6.45, 7) is 1.46. The second-order valence-corrected chi connectivity index (χ2v) is 5.88. The summed E-state index contributed by atoms with van der Waals surface area (Å²) in [4.78, 5) is 25.0. The molecule has 5 nitrogen and oxygen atoms in total. The van der Waals surface area contributed by atoms with Crippen LogP contribution in [0.25, 0.3) is 0 Å². The number of carboxylic acids is 1. The molecule has 0 radical (unpaired) electrons. The van der Waals surface area contributed by atoms with Crippen molar-refractivity contribution in [2.45, 2.75) is 44.2 Å². The number of piperazine rings is 1. The van der Waals surface area contributed by atoms with Gasteiger partial charge in [-0.15, -0.1) is 0 Å². The van der Waals surface area contributed by atoms with Gasteiger partial charge in [-0.25, -0.2) is 0 Å². The molecule has 0 spiro atoms. The Labute approximate surface area is 107 Å². The minimum Gasteiger partial charge on any atom is -0.481 e. The van der Waals surface area contributed by atoms with Gasteiger partial charge in [0.15, 0.2) is 0 Å². The van der Waals surface area contributed by atoms with Gasteiger partial charge in [0.05, 0.1) is 12.5 Å². The van der Waals surface area contributed by atoms with Gasteiger partial charge >= 0.3 is 5.97 Å². The topological polar surface area (TPSA) is 69.6 Å². The van der Waals surface area contributed by atoms with E-state index in [0.29, 0.717) is 18.5 Å². The first-order chi connectivity index (χ1) is 8.65. The maximum absolute atomic E-state index is 11.9. The van der Waals surface area contributed by atoms with Gasteiger partial charge in [-0.2, -0.15) is 0 Å². The second-order valence-electron chi connectivity index (χ2n) is 5.88. The number of nitrogens with one attached hydrogen (secondary N) is 1. The lowest BCUT2D eigenvalue weighted by molar-refractivity contribution is -0.144. The molecule has 0 aromatic heterocycles. The first-order valence-electron chi connectivity index (χ1n) is 6.90. The molecule has 2 N–H and O–H groups in total. The molecule has 3 rings (SSSR count). The zero-order chi connectivity index (χ0) is 12.7. The summed E-state index contributed by atoms with van der Waals surface area (Å²) < 4.78 is 0. The monoisotopic (exact) mass is 252 g/mol. The molecule has 1 amide bonds. The number of carbonyl (C=O) groups is 2. The largest absolute Gasteiger partial charge is 0.481 e. The third kappa shape index (κ3) is 2.00. The van der Waals surface area contributed by atoms with Crippen LogP contribution in [0.4, 0.5) is 0 Å². The Bertz CT molecular complexity index is 371. The normalized spacial score (nSPS) is 39.9. The quantitative estimate of drug-likeness (QED) is 0.765. The van der Waals surface area contributed by atoms with E-state index in [9.17, 15) is 9.59 Å².